The first-order chi connectivity index (χ1) is 18.3. The molecule has 11 heteroatoms. The van der Waals surface area contributed by atoms with E-state index in [2.05, 4.69) is 20.4 Å². The van der Waals surface area contributed by atoms with Gasteiger partial charge in [-0.2, -0.15) is 10.2 Å². The molecule has 0 aliphatic heterocycles. The van der Waals surface area contributed by atoms with E-state index >= 15 is 0 Å². The van der Waals surface area contributed by atoms with Crippen LogP contribution in [0.3, 0.4) is 0 Å². The van der Waals surface area contributed by atoms with E-state index in [-0.39, 0.29) is 23.9 Å². The van der Waals surface area contributed by atoms with Gasteiger partial charge in [-0.1, -0.05) is 47.2 Å². The van der Waals surface area contributed by atoms with Crippen molar-refractivity contribution in [2.75, 3.05) is 13.2 Å². The normalized spacial score (nSPS) is 12.0. The van der Waals surface area contributed by atoms with Crippen LogP contribution in [0.1, 0.15) is 57.9 Å². The molecule has 4 aromatic rings. The highest BCUT2D eigenvalue weighted by Crippen LogP contribution is 2.21. The average molecular weight is 533 g/mol. The van der Waals surface area contributed by atoms with Gasteiger partial charge in [0.1, 0.15) is 0 Å². The number of esters is 2. The first-order valence-corrected chi connectivity index (χ1v) is 12.9. The molecule has 2 aromatic heterocycles. The number of ether oxygens (including phenoxy) is 2. The van der Waals surface area contributed by atoms with E-state index in [0.717, 1.165) is 22.6 Å². The van der Waals surface area contributed by atoms with Crippen LogP contribution >= 0.6 is 11.3 Å². The third-order valence-electron chi connectivity index (χ3n) is 5.52. The number of aromatic nitrogens is 4. The van der Waals surface area contributed by atoms with Crippen molar-refractivity contribution < 1.29 is 19.1 Å². The van der Waals surface area contributed by atoms with Gasteiger partial charge in [-0.3, -0.25) is 0 Å². The van der Waals surface area contributed by atoms with E-state index in [1.807, 2.05) is 68.4 Å². The first kappa shape index (κ1) is 26.7. The van der Waals surface area contributed by atoms with Gasteiger partial charge >= 0.3 is 11.9 Å². The smallest absolute Gasteiger partial charge is 0.369 e. The van der Waals surface area contributed by atoms with Gasteiger partial charge in [0, 0.05) is 0 Å². The van der Waals surface area contributed by atoms with E-state index in [1.165, 1.54) is 4.68 Å². The minimum absolute atomic E-state index is 0.147. The van der Waals surface area contributed by atoms with Crippen LogP contribution < -0.4 is 4.80 Å². The van der Waals surface area contributed by atoms with E-state index in [4.69, 9.17) is 9.47 Å². The number of hydrogen-bond acceptors (Lipinski definition) is 9. The molecular weight excluding hydrogens is 504 g/mol. The lowest BCUT2D eigenvalue weighted by molar-refractivity contribution is 0.0511. The number of carbonyl (C=O) groups excluding carboxylic acids is 2. The summed E-state index contributed by atoms with van der Waals surface area (Å²) in [6.07, 6.45) is 0. The highest BCUT2D eigenvalue weighted by atomic mass is 32.1. The fourth-order valence-corrected chi connectivity index (χ4v) is 4.49. The molecule has 0 radical (unpaired) electrons. The van der Waals surface area contributed by atoms with Gasteiger partial charge in [-0.15, -0.1) is 10.2 Å². The van der Waals surface area contributed by atoms with Crippen molar-refractivity contribution in [3.63, 3.8) is 0 Å². The Morgan fingerprint density at radius 2 is 1.50 bits per heavy atom. The third kappa shape index (κ3) is 5.62. The van der Waals surface area contributed by atoms with E-state index < -0.39 is 11.9 Å². The Morgan fingerprint density at radius 3 is 2.16 bits per heavy atom. The van der Waals surface area contributed by atoms with Crippen molar-refractivity contribution in [3.8, 4) is 11.4 Å². The Labute approximate surface area is 223 Å². The van der Waals surface area contributed by atoms with Gasteiger partial charge in [-0.25, -0.2) is 19.0 Å². The van der Waals surface area contributed by atoms with Crippen LogP contribution in [0.2, 0.25) is 0 Å². The number of nitrogens with zero attached hydrogens (tertiary/aromatic N) is 6. The van der Waals surface area contributed by atoms with Crippen LogP contribution in [0, 0.1) is 13.8 Å². The summed E-state index contributed by atoms with van der Waals surface area (Å²) in [5.74, 6) is -1.09. The van der Waals surface area contributed by atoms with Crippen molar-refractivity contribution in [1.29, 1.82) is 0 Å². The van der Waals surface area contributed by atoms with E-state index in [1.54, 1.807) is 25.5 Å². The Balaban J connectivity index is 1.84. The predicted octanol–water partition coefficient (Wildman–Crippen LogP) is 4.41. The zero-order valence-electron chi connectivity index (χ0n) is 21.8. The van der Waals surface area contributed by atoms with Crippen molar-refractivity contribution in [3.05, 3.63) is 86.9 Å². The maximum atomic E-state index is 12.8. The fraction of sp³-hybridized carbons (Fsp3) is 0.259. The van der Waals surface area contributed by atoms with Gasteiger partial charge in [0.15, 0.2) is 5.69 Å². The molecule has 196 valence electrons. The number of benzene rings is 2. The summed E-state index contributed by atoms with van der Waals surface area (Å²) in [5.41, 5.74) is 4.46. The summed E-state index contributed by atoms with van der Waals surface area (Å²) >= 11 is 1.06. The molecule has 0 fully saturated rings. The molecule has 0 saturated heterocycles. The van der Waals surface area contributed by atoms with Gasteiger partial charge in [0.2, 0.25) is 9.81 Å². The monoisotopic (exact) mass is 532 g/mol. The number of para-hydroxylation sites is 1. The lowest BCUT2D eigenvalue weighted by Gasteiger charge is -2.05. The maximum Gasteiger partial charge on any atom is 0.369 e. The van der Waals surface area contributed by atoms with Gasteiger partial charge < -0.3 is 9.47 Å². The van der Waals surface area contributed by atoms with Gasteiger partial charge in [0.25, 0.3) is 0 Å². The predicted molar refractivity (Wildman–Crippen MR) is 144 cm³/mol. The molecule has 0 aliphatic carbocycles. The number of carbonyl (C=O) groups is 2. The van der Waals surface area contributed by atoms with Crippen molar-refractivity contribution >= 4 is 29.0 Å². The molecule has 2 aromatic carbocycles. The molecule has 2 heterocycles. The summed E-state index contributed by atoms with van der Waals surface area (Å²) in [6.45, 7) is 9.52. The molecule has 0 saturated carbocycles. The molecule has 0 unspecified atom stereocenters. The van der Waals surface area contributed by atoms with Crippen molar-refractivity contribution in [1.82, 2.24) is 19.6 Å². The molecule has 10 nitrogen and oxygen atoms in total. The van der Waals surface area contributed by atoms with Crippen LogP contribution in [-0.2, 0) is 9.47 Å². The summed E-state index contributed by atoms with van der Waals surface area (Å²) < 4.78 is 13.6. The molecule has 0 atom stereocenters. The largest absolute Gasteiger partial charge is 0.461 e. The Kier molecular flexibility index (Phi) is 8.27. The SMILES string of the molecule is CCOC(=O)c1nn(-c2ccccc2)/c(=N\N=C(/C)c2c(C(=O)OCC)nn(-c3ccc(C)cc3)c2C)s1. The summed E-state index contributed by atoms with van der Waals surface area (Å²) in [6, 6.07) is 17.1. The lowest BCUT2D eigenvalue weighted by atomic mass is 10.1. The van der Waals surface area contributed by atoms with Crippen molar-refractivity contribution in [2.24, 2.45) is 10.2 Å². The Bertz CT molecular complexity index is 1550. The molecular formula is C27H28N6O4S. The lowest BCUT2D eigenvalue weighted by Crippen LogP contribution is -2.15. The Morgan fingerprint density at radius 1 is 0.868 bits per heavy atom. The standard InChI is InChI=1S/C27H28N6O4S/c1-6-36-25(34)23-22(19(5)32(30-23)21-15-13-17(3)14-16-21)18(4)28-29-27-33(20-11-9-8-10-12-20)31-24(38-27)26(35)37-7-2/h8-16H,6-7H2,1-5H3/b28-18+,29-27+. The first-order valence-electron chi connectivity index (χ1n) is 12.1. The minimum Gasteiger partial charge on any atom is -0.461 e. The van der Waals surface area contributed by atoms with Crippen molar-refractivity contribution in [2.45, 2.75) is 34.6 Å². The topological polar surface area (TPSA) is 113 Å². The van der Waals surface area contributed by atoms with Crippen LogP contribution in [0.4, 0.5) is 0 Å². The fourth-order valence-electron chi connectivity index (χ4n) is 3.74. The van der Waals surface area contributed by atoms with Gasteiger partial charge in [-0.05, 0) is 58.9 Å². The maximum absolute atomic E-state index is 12.8. The summed E-state index contributed by atoms with van der Waals surface area (Å²) in [7, 11) is 0. The zero-order valence-corrected chi connectivity index (χ0v) is 22.7. The van der Waals surface area contributed by atoms with Crippen LogP contribution in [0.25, 0.3) is 11.4 Å². The second kappa shape index (κ2) is 11.8. The van der Waals surface area contributed by atoms with Crippen LogP contribution in [0.15, 0.2) is 64.8 Å². The summed E-state index contributed by atoms with van der Waals surface area (Å²) in [4.78, 5) is 25.5. The average Bonchev–Trinajstić information content (AvgIpc) is 3.50. The third-order valence-corrected chi connectivity index (χ3v) is 6.40. The molecule has 0 bridgehead atoms. The quantitative estimate of drug-likeness (QED) is 0.189. The Hall–Kier alpha value is -4.38. The number of aryl methyl sites for hydroxylation is 1. The molecule has 0 N–H and O–H groups in total. The zero-order chi connectivity index (χ0) is 27.2. The van der Waals surface area contributed by atoms with Crippen LogP contribution in [0.5, 0.6) is 0 Å². The molecule has 0 aliphatic rings. The van der Waals surface area contributed by atoms with E-state index in [9.17, 15) is 9.59 Å². The minimum atomic E-state index is -0.548. The number of hydrogen-bond donors (Lipinski definition) is 0. The second-order valence-corrected chi connectivity index (χ2v) is 9.18. The highest BCUT2D eigenvalue weighted by molar-refractivity contribution is 7.10. The molecule has 4 rings (SSSR count). The van der Waals surface area contributed by atoms with Crippen LogP contribution in [-0.4, -0.2) is 50.4 Å². The number of rotatable bonds is 8. The molecule has 38 heavy (non-hydrogen) atoms. The summed E-state index contributed by atoms with van der Waals surface area (Å²) in [5, 5.41) is 18.0. The van der Waals surface area contributed by atoms with E-state index in [0.29, 0.717) is 27.5 Å². The molecule has 0 amide bonds. The highest BCUT2D eigenvalue weighted by Gasteiger charge is 2.25. The van der Waals surface area contributed by atoms with Gasteiger partial charge in [0.05, 0.1) is 41.6 Å². The molecule has 0 spiro atoms. The second-order valence-electron chi connectivity index (χ2n) is 8.22.